The predicted molar refractivity (Wildman–Crippen MR) is 99.4 cm³/mol. The van der Waals surface area contributed by atoms with Crippen molar-refractivity contribution in [1.29, 1.82) is 0 Å². The molecule has 0 unspecified atom stereocenters. The van der Waals surface area contributed by atoms with E-state index in [-0.39, 0.29) is 17.9 Å². The highest BCUT2D eigenvalue weighted by Crippen LogP contribution is 2.17. The fraction of sp³-hybridized carbons (Fsp3) is 0.211. The van der Waals surface area contributed by atoms with Crippen molar-refractivity contribution >= 4 is 5.91 Å². The Bertz CT molecular complexity index is 985. The first-order chi connectivity index (χ1) is 14.1. The van der Waals surface area contributed by atoms with Crippen LogP contribution in [0.25, 0.3) is 11.4 Å². The summed E-state index contributed by atoms with van der Waals surface area (Å²) < 4.78 is 23.9. The fourth-order valence-electron chi connectivity index (χ4n) is 2.29. The molecule has 150 valence electrons. The molecular weight excluding hydrogens is 381 g/mol. The lowest BCUT2D eigenvalue weighted by molar-refractivity contribution is 0.0217. The maximum absolute atomic E-state index is 13.7. The highest BCUT2D eigenvalue weighted by molar-refractivity contribution is 5.91. The Morgan fingerprint density at radius 1 is 1.17 bits per heavy atom. The second-order valence-corrected chi connectivity index (χ2v) is 5.63. The number of hydrogen-bond acceptors (Lipinski definition) is 8. The molecule has 0 saturated carbocycles. The molecule has 0 aliphatic carbocycles. The van der Waals surface area contributed by atoms with Crippen LogP contribution in [0.4, 0.5) is 4.39 Å². The third kappa shape index (κ3) is 5.20. The molecule has 0 bridgehead atoms. The minimum atomic E-state index is -0.715. The molecule has 0 aliphatic heterocycles. The van der Waals surface area contributed by atoms with Crippen molar-refractivity contribution in [3.63, 3.8) is 0 Å². The second-order valence-electron chi connectivity index (χ2n) is 5.63. The average Bonchev–Trinajstić information content (AvgIpc) is 2.76. The number of nitrogens with zero attached hydrogens (tertiary/aromatic N) is 4. The largest absolute Gasteiger partial charge is 0.495 e. The maximum atomic E-state index is 13.7. The summed E-state index contributed by atoms with van der Waals surface area (Å²) in [4.78, 5) is 33.4. The van der Waals surface area contributed by atoms with E-state index in [0.717, 1.165) is 0 Å². The topological polar surface area (TPSA) is 108 Å². The van der Waals surface area contributed by atoms with Crippen molar-refractivity contribution in [3.05, 3.63) is 60.1 Å². The van der Waals surface area contributed by atoms with Gasteiger partial charge in [0.2, 0.25) is 11.8 Å². The normalized spacial score (nSPS) is 10.4. The Morgan fingerprint density at radius 2 is 2.03 bits per heavy atom. The van der Waals surface area contributed by atoms with E-state index in [0.29, 0.717) is 29.6 Å². The lowest BCUT2D eigenvalue weighted by Gasteiger charge is -2.08. The molecule has 3 heterocycles. The number of halogens is 1. The molecular formula is C19H18FN5O4. The van der Waals surface area contributed by atoms with Gasteiger partial charge in [-0.1, -0.05) is 0 Å². The standard InChI is InChI=1S/C19H18FN5O4/c1-3-28-16-5-4-12(9-22-16)18-21-7-6-15(24-18)19(26)25-29-11-13-8-14(27-2)10-23-17(13)20/h4-10H,3,11H2,1-2H3,(H,25,26). The SMILES string of the molecule is CCOc1ccc(-c2nccc(C(=O)NOCc3cc(OC)cnc3F)n2)cn1. The Morgan fingerprint density at radius 3 is 2.76 bits per heavy atom. The van der Waals surface area contributed by atoms with E-state index >= 15 is 0 Å². The van der Waals surface area contributed by atoms with Crippen LogP contribution in [0.1, 0.15) is 23.0 Å². The van der Waals surface area contributed by atoms with Gasteiger partial charge >= 0.3 is 0 Å². The molecule has 9 nitrogen and oxygen atoms in total. The molecule has 0 saturated heterocycles. The Balaban J connectivity index is 1.63. The predicted octanol–water partition coefficient (Wildman–Crippen LogP) is 2.34. The summed E-state index contributed by atoms with van der Waals surface area (Å²) >= 11 is 0. The molecule has 3 rings (SSSR count). The van der Waals surface area contributed by atoms with Gasteiger partial charge in [-0.15, -0.1) is 0 Å². The number of rotatable bonds is 8. The molecule has 29 heavy (non-hydrogen) atoms. The van der Waals surface area contributed by atoms with Crippen LogP contribution in [0.5, 0.6) is 11.6 Å². The highest BCUT2D eigenvalue weighted by Gasteiger charge is 2.12. The van der Waals surface area contributed by atoms with Crippen LogP contribution in [0.2, 0.25) is 0 Å². The summed E-state index contributed by atoms with van der Waals surface area (Å²) in [5.74, 6) is -0.147. The van der Waals surface area contributed by atoms with Crippen LogP contribution in [0.15, 0.2) is 42.9 Å². The Labute approximate surface area is 165 Å². The fourth-order valence-corrected chi connectivity index (χ4v) is 2.29. The number of methoxy groups -OCH3 is 1. The number of carbonyl (C=O) groups is 1. The first-order valence-corrected chi connectivity index (χ1v) is 8.63. The zero-order valence-electron chi connectivity index (χ0n) is 15.8. The zero-order valence-corrected chi connectivity index (χ0v) is 15.8. The number of pyridine rings is 2. The van der Waals surface area contributed by atoms with Crippen molar-refractivity contribution < 1.29 is 23.5 Å². The van der Waals surface area contributed by atoms with Gasteiger partial charge in [0, 0.05) is 29.6 Å². The summed E-state index contributed by atoms with van der Waals surface area (Å²) in [6.45, 7) is 2.14. The van der Waals surface area contributed by atoms with E-state index in [2.05, 4.69) is 25.4 Å². The summed E-state index contributed by atoms with van der Waals surface area (Å²) in [7, 11) is 1.44. The molecule has 3 aromatic heterocycles. The van der Waals surface area contributed by atoms with Gasteiger partial charge in [0.25, 0.3) is 5.91 Å². The number of aromatic nitrogens is 4. The average molecular weight is 399 g/mol. The summed E-state index contributed by atoms with van der Waals surface area (Å²) in [6.07, 6.45) is 4.24. The van der Waals surface area contributed by atoms with Gasteiger partial charge in [-0.2, -0.15) is 4.39 Å². The van der Waals surface area contributed by atoms with E-state index in [1.807, 2.05) is 6.92 Å². The number of carbonyl (C=O) groups excluding carboxylic acids is 1. The lowest BCUT2D eigenvalue weighted by atomic mass is 10.2. The first kappa shape index (κ1) is 20.1. The van der Waals surface area contributed by atoms with Gasteiger partial charge in [-0.05, 0) is 25.1 Å². The molecule has 3 aromatic rings. The van der Waals surface area contributed by atoms with Gasteiger partial charge in [-0.3, -0.25) is 9.63 Å². The van der Waals surface area contributed by atoms with Crippen LogP contribution in [-0.4, -0.2) is 39.6 Å². The van der Waals surface area contributed by atoms with Crippen molar-refractivity contribution in [2.45, 2.75) is 13.5 Å². The number of hydroxylamine groups is 1. The van der Waals surface area contributed by atoms with Crippen molar-refractivity contribution in [2.75, 3.05) is 13.7 Å². The first-order valence-electron chi connectivity index (χ1n) is 8.63. The maximum Gasteiger partial charge on any atom is 0.293 e. The molecule has 0 spiro atoms. The van der Waals surface area contributed by atoms with Gasteiger partial charge in [-0.25, -0.2) is 25.4 Å². The number of nitrogens with one attached hydrogen (secondary N) is 1. The van der Waals surface area contributed by atoms with E-state index in [4.69, 9.17) is 14.3 Å². The highest BCUT2D eigenvalue weighted by atomic mass is 19.1. The minimum absolute atomic E-state index is 0.0770. The summed E-state index contributed by atoms with van der Waals surface area (Å²) in [5.41, 5.74) is 3.05. The Kier molecular flexibility index (Phi) is 6.59. The monoisotopic (exact) mass is 399 g/mol. The third-order valence-electron chi connectivity index (χ3n) is 3.69. The lowest BCUT2D eigenvalue weighted by Crippen LogP contribution is -2.25. The molecule has 0 radical (unpaired) electrons. The van der Waals surface area contributed by atoms with Crippen LogP contribution in [-0.2, 0) is 11.4 Å². The van der Waals surface area contributed by atoms with E-state index < -0.39 is 11.9 Å². The number of ether oxygens (including phenoxy) is 2. The van der Waals surface area contributed by atoms with Crippen LogP contribution in [0.3, 0.4) is 0 Å². The van der Waals surface area contributed by atoms with Crippen molar-refractivity contribution in [3.8, 4) is 23.0 Å². The van der Waals surface area contributed by atoms with E-state index in [9.17, 15) is 9.18 Å². The third-order valence-corrected chi connectivity index (χ3v) is 3.69. The van der Waals surface area contributed by atoms with Crippen LogP contribution in [0, 0.1) is 5.95 Å². The molecule has 0 atom stereocenters. The van der Waals surface area contributed by atoms with E-state index in [1.54, 1.807) is 18.3 Å². The molecule has 10 heteroatoms. The number of hydrogen-bond donors (Lipinski definition) is 1. The van der Waals surface area contributed by atoms with Gasteiger partial charge in [0.15, 0.2) is 5.82 Å². The quantitative estimate of drug-likeness (QED) is 0.454. The van der Waals surface area contributed by atoms with Crippen LogP contribution < -0.4 is 15.0 Å². The van der Waals surface area contributed by atoms with Gasteiger partial charge in [0.1, 0.15) is 18.1 Å². The second kappa shape index (κ2) is 9.51. The molecule has 0 aliphatic rings. The van der Waals surface area contributed by atoms with Crippen molar-refractivity contribution in [2.24, 2.45) is 0 Å². The number of amides is 1. The van der Waals surface area contributed by atoms with Gasteiger partial charge < -0.3 is 9.47 Å². The minimum Gasteiger partial charge on any atom is -0.495 e. The summed E-state index contributed by atoms with van der Waals surface area (Å²) in [6, 6.07) is 6.28. The molecule has 1 N–H and O–H groups in total. The smallest absolute Gasteiger partial charge is 0.293 e. The van der Waals surface area contributed by atoms with E-state index in [1.165, 1.54) is 31.6 Å². The zero-order chi connectivity index (χ0) is 20.6. The van der Waals surface area contributed by atoms with Crippen molar-refractivity contribution in [1.82, 2.24) is 25.4 Å². The molecule has 1 amide bonds. The molecule has 0 fully saturated rings. The van der Waals surface area contributed by atoms with Crippen LogP contribution >= 0.6 is 0 Å². The summed E-state index contributed by atoms with van der Waals surface area (Å²) in [5, 5.41) is 0. The van der Waals surface area contributed by atoms with Gasteiger partial charge in [0.05, 0.1) is 19.9 Å². The molecule has 0 aromatic carbocycles. The Hall–Kier alpha value is -3.66.